The third-order valence-electron chi connectivity index (χ3n) is 4.13. The van der Waals surface area contributed by atoms with Crippen LogP contribution >= 0.6 is 0 Å². The molecule has 2 aromatic carbocycles. The number of amides is 2. The molecule has 2 aromatic rings. The maximum Gasteiger partial charge on any atom is 0.251 e. The van der Waals surface area contributed by atoms with E-state index in [1.165, 1.54) is 24.3 Å². The van der Waals surface area contributed by atoms with E-state index < -0.39 is 5.41 Å². The van der Waals surface area contributed by atoms with Crippen LogP contribution in [-0.4, -0.2) is 11.8 Å². The quantitative estimate of drug-likeness (QED) is 0.915. The first-order valence-electron chi connectivity index (χ1n) is 7.36. The highest BCUT2D eigenvalue weighted by molar-refractivity contribution is 6.05. The molecule has 2 N–H and O–H groups in total. The van der Waals surface area contributed by atoms with Gasteiger partial charge in [-0.05, 0) is 55.3 Å². The van der Waals surface area contributed by atoms with E-state index in [0.29, 0.717) is 12.1 Å². The number of benzene rings is 2. The predicted octanol–water partition coefficient (Wildman–Crippen LogP) is 2.99. The van der Waals surface area contributed by atoms with Crippen molar-refractivity contribution in [3.8, 4) is 0 Å². The van der Waals surface area contributed by atoms with Crippen LogP contribution in [0.2, 0.25) is 0 Å². The van der Waals surface area contributed by atoms with Crippen LogP contribution in [0.4, 0.5) is 10.1 Å². The number of nitrogens with one attached hydrogen (secondary N) is 2. The second-order valence-corrected chi connectivity index (χ2v) is 6.15. The molecule has 0 fully saturated rings. The minimum absolute atomic E-state index is 0.0278. The van der Waals surface area contributed by atoms with Crippen LogP contribution in [0.1, 0.15) is 35.3 Å². The third kappa shape index (κ3) is 2.82. The summed E-state index contributed by atoms with van der Waals surface area (Å²) in [7, 11) is 0. The van der Waals surface area contributed by atoms with Gasteiger partial charge in [-0.2, -0.15) is 0 Å². The van der Waals surface area contributed by atoms with Gasteiger partial charge in [0, 0.05) is 17.8 Å². The van der Waals surface area contributed by atoms with Crippen molar-refractivity contribution < 1.29 is 14.0 Å². The van der Waals surface area contributed by atoms with Crippen molar-refractivity contribution in [2.75, 3.05) is 5.32 Å². The standard InChI is InChI=1S/C18H17FN2O2/c1-18(2)14-9-11(3-8-15(14)21-17(18)23)10-20-16(22)12-4-6-13(19)7-5-12/h3-9H,10H2,1-2H3,(H,20,22)(H,21,23). The molecular formula is C18H17FN2O2. The zero-order chi connectivity index (χ0) is 16.6. The van der Waals surface area contributed by atoms with Gasteiger partial charge in [0.2, 0.25) is 5.91 Å². The van der Waals surface area contributed by atoms with E-state index >= 15 is 0 Å². The fraction of sp³-hybridized carbons (Fsp3) is 0.222. The van der Waals surface area contributed by atoms with Gasteiger partial charge in [0.25, 0.3) is 5.91 Å². The first-order chi connectivity index (χ1) is 10.9. The molecule has 0 aliphatic carbocycles. The van der Waals surface area contributed by atoms with Crippen molar-refractivity contribution in [3.63, 3.8) is 0 Å². The fourth-order valence-electron chi connectivity index (χ4n) is 2.61. The van der Waals surface area contributed by atoms with Crippen molar-refractivity contribution in [3.05, 3.63) is 65.0 Å². The minimum atomic E-state index is -0.577. The Morgan fingerprint density at radius 3 is 2.57 bits per heavy atom. The van der Waals surface area contributed by atoms with Gasteiger partial charge in [-0.15, -0.1) is 0 Å². The summed E-state index contributed by atoms with van der Waals surface area (Å²) in [6.45, 7) is 4.08. The van der Waals surface area contributed by atoms with Gasteiger partial charge in [0.05, 0.1) is 5.41 Å². The lowest BCUT2D eigenvalue weighted by molar-refractivity contribution is -0.119. The van der Waals surface area contributed by atoms with Gasteiger partial charge in [-0.1, -0.05) is 12.1 Å². The summed E-state index contributed by atoms with van der Waals surface area (Å²) >= 11 is 0. The SMILES string of the molecule is CC1(C)C(=O)Nc2ccc(CNC(=O)c3ccc(F)cc3)cc21. The highest BCUT2D eigenvalue weighted by atomic mass is 19.1. The zero-order valence-corrected chi connectivity index (χ0v) is 12.9. The van der Waals surface area contributed by atoms with E-state index in [9.17, 15) is 14.0 Å². The molecule has 1 heterocycles. The average molecular weight is 312 g/mol. The molecule has 118 valence electrons. The van der Waals surface area contributed by atoms with Crippen molar-refractivity contribution in [2.45, 2.75) is 25.8 Å². The molecule has 0 unspecified atom stereocenters. The Hall–Kier alpha value is -2.69. The number of carbonyl (C=O) groups is 2. The van der Waals surface area contributed by atoms with E-state index in [1.54, 1.807) is 0 Å². The Morgan fingerprint density at radius 2 is 1.87 bits per heavy atom. The molecule has 0 saturated carbocycles. The summed E-state index contributed by atoms with van der Waals surface area (Å²) in [5.74, 6) is -0.668. The van der Waals surface area contributed by atoms with Gasteiger partial charge in [0.1, 0.15) is 5.82 Å². The number of fused-ring (bicyclic) bond motifs is 1. The third-order valence-corrected chi connectivity index (χ3v) is 4.13. The molecule has 2 amide bonds. The molecule has 23 heavy (non-hydrogen) atoms. The highest BCUT2D eigenvalue weighted by Crippen LogP contribution is 2.37. The monoisotopic (exact) mass is 312 g/mol. The molecular weight excluding hydrogens is 295 g/mol. The lowest BCUT2D eigenvalue weighted by Gasteiger charge is -2.16. The van der Waals surface area contributed by atoms with E-state index in [0.717, 1.165) is 16.8 Å². The second kappa shape index (κ2) is 5.50. The second-order valence-electron chi connectivity index (χ2n) is 6.15. The summed E-state index contributed by atoms with van der Waals surface area (Å²) in [5.41, 5.74) is 2.48. The van der Waals surface area contributed by atoms with Crippen molar-refractivity contribution in [1.29, 1.82) is 0 Å². The molecule has 0 aromatic heterocycles. The lowest BCUT2D eigenvalue weighted by atomic mass is 9.85. The van der Waals surface area contributed by atoms with E-state index in [2.05, 4.69) is 10.6 Å². The van der Waals surface area contributed by atoms with Gasteiger partial charge in [-0.3, -0.25) is 9.59 Å². The molecule has 0 saturated heterocycles. The van der Waals surface area contributed by atoms with Crippen LogP contribution in [0.25, 0.3) is 0 Å². The van der Waals surface area contributed by atoms with Gasteiger partial charge in [-0.25, -0.2) is 4.39 Å². The molecule has 0 bridgehead atoms. The number of hydrogen-bond donors (Lipinski definition) is 2. The molecule has 3 rings (SSSR count). The van der Waals surface area contributed by atoms with Gasteiger partial charge < -0.3 is 10.6 Å². The Bertz CT molecular complexity index is 782. The molecule has 4 nitrogen and oxygen atoms in total. The van der Waals surface area contributed by atoms with Gasteiger partial charge in [0.15, 0.2) is 0 Å². The molecule has 0 atom stereocenters. The molecule has 5 heteroatoms. The maximum absolute atomic E-state index is 12.9. The van der Waals surface area contributed by atoms with Crippen LogP contribution in [0.5, 0.6) is 0 Å². The fourth-order valence-corrected chi connectivity index (χ4v) is 2.61. The molecule has 0 radical (unpaired) electrons. The molecule has 1 aliphatic rings. The number of anilines is 1. The van der Waals surface area contributed by atoms with E-state index in [4.69, 9.17) is 0 Å². The number of rotatable bonds is 3. The summed E-state index contributed by atoms with van der Waals surface area (Å²) in [6, 6.07) is 11.0. The summed E-state index contributed by atoms with van der Waals surface area (Å²) in [6.07, 6.45) is 0. The maximum atomic E-state index is 12.9. The zero-order valence-electron chi connectivity index (χ0n) is 12.9. The number of hydrogen-bond acceptors (Lipinski definition) is 2. The Kier molecular flexibility index (Phi) is 3.64. The smallest absolute Gasteiger partial charge is 0.251 e. The largest absolute Gasteiger partial charge is 0.348 e. The minimum Gasteiger partial charge on any atom is -0.348 e. The number of carbonyl (C=O) groups excluding carboxylic acids is 2. The van der Waals surface area contributed by atoms with Crippen LogP contribution in [0.3, 0.4) is 0 Å². The van der Waals surface area contributed by atoms with Crippen molar-refractivity contribution in [1.82, 2.24) is 5.32 Å². The Morgan fingerprint density at radius 1 is 1.17 bits per heavy atom. The van der Waals surface area contributed by atoms with Crippen LogP contribution in [0.15, 0.2) is 42.5 Å². The summed E-state index contributed by atoms with van der Waals surface area (Å²) in [5, 5.41) is 5.65. The highest BCUT2D eigenvalue weighted by Gasteiger charge is 2.38. The summed E-state index contributed by atoms with van der Waals surface area (Å²) in [4.78, 5) is 24.0. The normalized spacial score (nSPS) is 15.0. The number of halogens is 1. The van der Waals surface area contributed by atoms with Crippen molar-refractivity contribution >= 4 is 17.5 Å². The van der Waals surface area contributed by atoms with Crippen LogP contribution in [-0.2, 0) is 16.8 Å². The first kappa shape index (κ1) is 15.2. The predicted molar refractivity (Wildman–Crippen MR) is 85.7 cm³/mol. The average Bonchev–Trinajstić information content (AvgIpc) is 2.75. The van der Waals surface area contributed by atoms with Gasteiger partial charge >= 0.3 is 0 Å². The lowest BCUT2D eigenvalue weighted by Crippen LogP contribution is -2.27. The first-order valence-corrected chi connectivity index (χ1v) is 7.36. The Labute approximate surface area is 133 Å². The topological polar surface area (TPSA) is 58.2 Å². The van der Waals surface area contributed by atoms with Crippen LogP contribution < -0.4 is 10.6 Å². The van der Waals surface area contributed by atoms with E-state index in [-0.39, 0.29) is 17.6 Å². The van der Waals surface area contributed by atoms with E-state index in [1.807, 2.05) is 32.0 Å². The molecule has 1 aliphatic heterocycles. The van der Waals surface area contributed by atoms with Crippen molar-refractivity contribution in [2.24, 2.45) is 0 Å². The summed E-state index contributed by atoms with van der Waals surface area (Å²) < 4.78 is 12.9. The molecule has 0 spiro atoms. The Balaban J connectivity index is 1.73. The van der Waals surface area contributed by atoms with Crippen LogP contribution in [0, 0.1) is 5.82 Å².